The first kappa shape index (κ1) is 24.2. The van der Waals surface area contributed by atoms with Crippen LogP contribution in [-0.4, -0.2) is 11.9 Å². The van der Waals surface area contributed by atoms with Gasteiger partial charge in [-0.1, -0.05) is 69.2 Å². The maximum absolute atomic E-state index is 13.0. The lowest BCUT2D eigenvalue weighted by Gasteiger charge is -2.20. The summed E-state index contributed by atoms with van der Waals surface area (Å²) in [7, 11) is 0. The SMILES string of the molecule is CCCCc1cc(C)c(OC(=O)c2ccccc2)c(OC(=O)c2ccccc2)c1CCCC. The molecule has 4 nitrogen and oxygen atoms in total. The summed E-state index contributed by atoms with van der Waals surface area (Å²) in [5.41, 5.74) is 3.79. The van der Waals surface area contributed by atoms with E-state index in [1.807, 2.05) is 19.1 Å². The fourth-order valence-corrected chi connectivity index (χ4v) is 3.78. The van der Waals surface area contributed by atoms with E-state index < -0.39 is 11.9 Å². The van der Waals surface area contributed by atoms with E-state index in [1.165, 1.54) is 0 Å². The predicted octanol–water partition coefficient (Wildman–Crippen LogP) is 7.12. The van der Waals surface area contributed by atoms with Crippen LogP contribution in [0.2, 0.25) is 0 Å². The van der Waals surface area contributed by atoms with Gasteiger partial charge in [-0.05, 0) is 68.0 Å². The van der Waals surface area contributed by atoms with Crippen molar-refractivity contribution in [2.75, 3.05) is 0 Å². The third-order valence-corrected chi connectivity index (χ3v) is 5.61. The smallest absolute Gasteiger partial charge is 0.343 e. The number of aryl methyl sites for hydroxylation is 2. The van der Waals surface area contributed by atoms with Crippen LogP contribution in [0.4, 0.5) is 0 Å². The first-order chi connectivity index (χ1) is 16.0. The Labute approximate surface area is 196 Å². The Morgan fingerprint density at radius 1 is 0.697 bits per heavy atom. The van der Waals surface area contributed by atoms with Crippen LogP contribution in [0.25, 0.3) is 0 Å². The summed E-state index contributed by atoms with van der Waals surface area (Å²) in [6, 6.07) is 19.8. The van der Waals surface area contributed by atoms with Crippen molar-refractivity contribution in [3.8, 4) is 11.5 Å². The maximum atomic E-state index is 13.0. The van der Waals surface area contributed by atoms with E-state index in [1.54, 1.807) is 48.5 Å². The molecule has 0 radical (unpaired) electrons. The molecule has 0 aliphatic rings. The summed E-state index contributed by atoms with van der Waals surface area (Å²) in [5, 5.41) is 0. The van der Waals surface area contributed by atoms with E-state index >= 15 is 0 Å². The van der Waals surface area contributed by atoms with Crippen LogP contribution in [0, 0.1) is 6.92 Å². The van der Waals surface area contributed by atoms with Gasteiger partial charge in [-0.25, -0.2) is 9.59 Å². The first-order valence-corrected chi connectivity index (χ1v) is 11.7. The van der Waals surface area contributed by atoms with Crippen molar-refractivity contribution in [1.29, 1.82) is 0 Å². The molecule has 0 aromatic heterocycles. The fourth-order valence-electron chi connectivity index (χ4n) is 3.78. The molecule has 0 unspecified atom stereocenters. The number of benzene rings is 3. The van der Waals surface area contributed by atoms with Gasteiger partial charge in [0.25, 0.3) is 0 Å². The van der Waals surface area contributed by atoms with Crippen LogP contribution in [0.3, 0.4) is 0 Å². The number of unbranched alkanes of at least 4 members (excludes halogenated alkanes) is 2. The second-order valence-electron chi connectivity index (χ2n) is 8.21. The topological polar surface area (TPSA) is 52.6 Å². The van der Waals surface area contributed by atoms with Crippen LogP contribution >= 0.6 is 0 Å². The number of hydrogen-bond donors (Lipinski definition) is 0. The molecule has 0 spiro atoms. The molecule has 0 fully saturated rings. The maximum Gasteiger partial charge on any atom is 0.343 e. The molecule has 0 saturated carbocycles. The normalized spacial score (nSPS) is 10.6. The molecule has 0 aliphatic heterocycles. The summed E-state index contributed by atoms with van der Waals surface area (Å²) in [6.45, 7) is 6.18. The lowest BCUT2D eigenvalue weighted by atomic mass is 9.94. The molecule has 3 aromatic rings. The second kappa shape index (κ2) is 12.0. The van der Waals surface area contributed by atoms with Crippen LogP contribution in [0.15, 0.2) is 66.7 Å². The van der Waals surface area contributed by atoms with Gasteiger partial charge in [0.2, 0.25) is 0 Å². The monoisotopic (exact) mass is 444 g/mol. The number of carbonyl (C=O) groups excluding carboxylic acids is 2. The van der Waals surface area contributed by atoms with Gasteiger partial charge in [-0.15, -0.1) is 0 Å². The Bertz CT molecular complexity index is 1070. The highest BCUT2D eigenvalue weighted by molar-refractivity contribution is 5.93. The molecule has 0 bridgehead atoms. The quantitative estimate of drug-likeness (QED) is 0.247. The van der Waals surface area contributed by atoms with Gasteiger partial charge in [-0.3, -0.25) is 0 Å². The zero-order chi connectivity index (χ0) is 23.6. The molecular formula is C29H32O4. The third kappa shape index (κ3) is 6.32. The first-order valence-electron chi connectivity index (χ1n) is 11.7. The highest BCUT2D eigenvalue weighted by Gasteiger charge is 2.24. The summed E-state index contributed by atoms with van der Waals surface area (Å²) in [4.78, 5) is 25.9. The number of rotatable bonds is 10. The minimum Gasteiger partial charge on any atom is -0.419 e. The van der Waals surface area contributed by atoms with E-state index in [2.05, 4.69) is 19.9 Å². The van der Waals surface area contributed by atoms with E-state index in [0.29, 0.717) is 22.6 Å². The predicted molar refractivity (Wildman–Crippen MR) is 131 cm³/mol. The highest BCUT2D eigenvalue weighted by atomic mass is 16.6. The van der Waals surface area contributed by atoms with E-state index in [0.717, 1.165) is 55.2 Å². The average molecular weight is 445 g/mol. The lowest BCUT2D eigenvalue weighted by Crippen LogP contribution is -2.16. The molecule has 3 rings (SSSR count). The molecule has 0 aliphatic carbocycles. The molecule has 33 heavy (non-hydrogen) atoms. The zero-order valence-corrected chi connectivity index (χ0v) is 19.7. The Kier molecular flexibility index (Phi) is 8.82. The van der Waals surface area contributed by atoms with Crippen molar-refractivity contribution in [2.24, 2.45) is 0 Å². The van der Waals surface area contributed by atoms with Crippen LogP contribution in [-0.2, 0) is 12.8 Å². The largest absolute Gasteiger partial charge is 0.419 e. The van der Waals surface area contributed by atoms with Crippen molar-refractivity contribution >= 4 is 11.9 Å². The molecule has 0 saturated heterocycles. The van der Waals surface area contributed by atoms with Gasteiger partial charge in [-0.2, -0.15) is 0 Å². The van der Waals surface area contributed by atoms with Gasteiger partial charge in [0, 0.05) is 5.56 Å². The Morgan fingerprint density at radius 2 is 1.18 bits per heavy atom. The van der Waals surface area contributed by atoms with Crippen molar-refractivity contribution in [1.82, 2.24) is 0 Å². The lowest BCUT2D eigenvalue weighted by molar-refractivity contribution is 0.0679. The van der Waals surface area contributed by atoms with Gasteiger partial charge < -0.3 is 9.47 Å². The van der Waals surface area contributed by atoms with Crippen molar-refractivity contribution in [3.05, 3.63) is 94.5 Å². The molecular weight excluding hydrogens is 412 g/mol. The molecule has 4 heteroatoms. The van der Waals surface area contributed by atoms with E-state index in [4.69, 9.17) is 9.47 Å². The van der Waals surface area contributed by atoms with Crippen LogP contribution in [0.1, 0.15) is 76.9 Å². The zero-order valence-electron chi connectivity index (χ0n) is 19.7. The Hall–Kier alpha value is -3.40. The molecule has 0 N–H and O–H groups in total. The standard InChI is InChI=1S/C29H32O4/c1-4-6-14-24-20-21(3)26(32-28(30)22-15-10-8-11-16-22)27(25(24)19-7-5-2)33-29(31)23-17-12-9-13-18-23/h8-13,15-18,20H,4-7,14,19H2,1-3H3. The molecule has 3 aromatic carbocycles. The van der Waals surface area contributed by atoms with Gasteiger partial charge >= 0.3 is 11.9 Å². The van der Waals surface area contributed by atoms with Crippen LogP contribution in [0.5, 0.6) is 11.5 Å². The molecule has 0 amide bonds. The Balaban J connectivity index is 2.08. The Morgan fingerprint density at radius 3 is 1.70 bits per heavy atom. The van der Waals surface area contributed by atoms with Gasteiger partial charge in [0.15, 0.2) is 11.5 Å². The van der Waals surface area contributed by atoms with Crippen LogP contribution < -0.4 is 9.47 Å². The summed E-state index contributed by atoms with van der Waals surface area (Å²) >= 11 is 0. The number of esters is 2. The number of hydrogen-bond acceptors (Lipinski definition) is 4. The number of carbonyl (C=O) groups is 2. The second-order valence-corrected chi connectivity index (χ2v) is 8.21. The van der Waals surface area contributed by atoms with E-state index in [-0.39, 0.29) is 0 Å². The fraction of sp³-hybridized carbons (Fsp3) is 0.310. The summed E-state index contributed by atoms with van der Waals surface area (Å²) in [6.07, 6.45) is 5.70. The number of ether oxygens (including phenoxy) is 2. The van der Waals surface area contributed by atoms with Crippen molar-refractivity contribution in [3.63, 3.8) is 0 Å². The van der Waals surface area contributed by atoms with Gasteiger partial charge in [0.05, 0.1) is 11.1 Å². The summed E-state index contributed by atoms with van der Waals surface area (Å²) in [5.74, 6) is -0.247. The average Bonchev–Trinajstić information content (AvgIpc) is 2.85. The molecule has 0 atom stereocenters. The minimum absolute atomic E-state index is 0.319. The third-order valence-electron chi connectivity index (χ3n) is 5.61. The highest BCUT2D eigenvalue weighted by Crippen LogP contribution is 2.40. The molecule has 172 valence electrons. The minimum atomic E-state index is -0.474. The van der Waals surface area contributed by atoms with Gasteiger partial charge in [0.1, 0.15) is 0 Å². The van der Waals surface area contributed by atoms with Crippen molar-refractivity contribution < 1.29 is 19.1 Å². The summed E-state index contributed by atoms with van der Waals surface area (Å²) < 4.78 is 11.8. The van der Waals surface area contributed by atoms with Crippen molar-refractivity contribution in [2.45, 2.75) is 59.3 Å². The molecule has 0 heterocycles. The van der Waals surface area contributed by atoms with E-state index in [9.17, 15) is 9.59 Å².